The van der Waals surface area contributed by atoms with E-state index in [-0.39, 0.29) is 5.60 Å². The number of piperidine rings is 1. The van der Waals surface area contributed by atoms with Gasteiger partial charge in [0.1, 0.15) is 5.60 Å². The third-order valence-corrected chi connectivity index (χ3v) is 2.07. The quantitative estimate of drug-likeness (QED) is 0.530. The van der Waals surface area contributed by atoms with Crippen LogP contribution in [-0.4, -0.2) is 25.8 Å². The van der Waals surface area contributed by atoms with Crippen LogP contribution in [0.25, 0.3) is 0 Å². The molecular formula is C8H13NO. The van der Waals surface area contributed by atoms with Crippen LogP contribution < -0.4 is 5.32 Å². The highest BCUT2D eigenvalue weighted by atomic mass is 16.5. The lowest BCUT2D eigenvalue weighted by atomic mass is 9.93. The highest BCUT2D eigenvalue weighted by Crippen LogP contribution is 2.20. The molecule has 1 N–H and O–H groups in total. The Bertz CT molecular complexity index is 142. The monoisotopic (exact) mass is 139 g/mol. The van der Waals surface area contributed by atoms with Crippen LogP contribution >= 0.6 is 0 Å². The zero-order chi connectivity index (χ0) is 7.45. The van der Waals surface area contributed by atoms with Crippen molar-refractivity contribution >= 4 is 0 Å². The van der Waals surface area contributed by atoms with E-state index in [9.17, 15) is 0 Å². The maximum absolute atomic E-state index is 5.35. The second-order valence-electron chi connectivity index (χ2n) is 2.59. The van der Waals surface area contributed by atoms with E-state index < -0.39 is 0 Å². The van der Waals surface area contributed by atoms with E-state index in [1.54, 1.807) is 7.11 Å². The molecule has 1 aliphatic heterocycles. The molecule has 0 unspecified atom stereocenters. The Morgan fingerprint density at radius 1 is 1.50 bits per heavy atom. The van der Waals surface area contributed by atoms with Gasteiger partial charge in [0.2, 0.25) is 0 Å². The van der Waals surface area contributed by atoms with Gasteiger partial charge in [0.05, 0.1) is 0 Å². The maximum atomic E-state index is 5.35. The van der Waals surface area contributed by atoms with Gasteiger partial charge in [-0.05, 0) is 13.1 Å². The lowest BCUT2D eigenvalue weighted by Crippen LogP contribution is -2.42. The molecule has 0 bridgehead atoms. The highest BCUT2D eigenvalue weighted by molar-refractivity contribution is 5.10. The van der Waals surface area contributed by atoms with Crippen molar-refractivity contribution in [2.75, 3.05) is 20.2 Å². The molecule has 1 aliphatic rings. The first-order valence-electron chi connectivity index (χ1n) is 3.57. The fraction of sp³-hybridized carbons (Fsp3) is 0.750. The minimum absolute atomic E-state index is 0.273. The van der Waals surface area contributed by atoms with E-state index in [1.807, 2.05) is 0 Å². The molecule has 1 fully saturated rings. The second kappa shape index (κ2) is 3.05. The summed E-state index contributed by atoms with van der Waals surface area (Å²) in [5.41, 5.74) is -0.273. The average molecular weight is 139 g/mol. The molecule has 0 aliphatic carbocycles. The van der Waals surface area contributed by atoms with E-state index >= 15 is 0 Å². The summed E-state index contributed by atoms with van der Waals surface area (Å²) in [4.78, 5) is 0. The number of rotatable bonds is 1. The molecule has 0 spiro atoms. The zero-order valence-electron chi connectivity index (χ0n) is 6.31. The summed E-state index contributed by atoms with van der Waals surface area (Å²) in [5, 5.41) is 3.23. The number of nitrogens with one attached hydrogen (secondary N) is 1. The zero-order valence-corrected chi connectivity index (χ0v) is 6.31. The summed E-state index contributed by atoms with van der Waals surface area (Å²) >= 11 is 0. The van der Waals surface area contributed by atoms with Crippen molar-refractivity contribution in [3.8, 4) is 12.3 Å². The molecule has 0 radical (unpaired) electrons. The summed E-state index contributed by atoms with van der Waals surface area (Å²) in [6, 6.07) is 0. The Morgan fingerprint density at radius 2 is 2.10 bits per heavy atom. The average Bonchev–Trinajstić information content (AvgIpc) is 2.06. The molecule has 1 rings (SSSR count). The molecule has 1 saturated heterocycles. The lowest BCUT2D eigenvalue weighted by Gasteiger charge is -2.31. The number of hydrogen-bond donors (Lipinski definition) is 1. The van der Waals surface area contributed by atoms with Gasteiger partial charge in [0.25, 0.3) is 0 Å². The Morgan fingerprint density at radius 3 is 2.40 bits per heavy atom. The summed E-state index contributed by atoms with van der Waals surface area (Å²) in [7, 11) is 1.69. The molecule has 0 saturated carbocycles. The molecule has 0 aromatic heterocycles. The Balaban J connectivity index is 2.55. The van der Waals surface area contributed by atoms with E-state index in [0.717, 1.165) is 25.9 Å². The van der Waals surface area contributed by atoms with Gasteiger partial charge in [-0.2, -0.15) is 0 Å². The number of hydrogen-bond acceptors (Lipinski definition) is 2. The van der Waals surface area contributed by atoms with Crippen molar-refractivity contribution in [2.24, 2.45) is 0 Å². The molecule has 0 aromatic carbocycles. The van der Waals surface area contributed by atoms with Crippen LogP contribution in [-0.2, 0) is 4.74 Å². The van der Waals surface area contributed by atoms with Crippen molar-refractivity contribution in [2.45, 2.75) is 18.4 Å². The highest BCUT2D eigenvalue weighted by Gasteiger charge is 2.28. The van der Waals surface area contributed by atoms with Crippen LogP contribution in [0.15, 0.2) is 0 Å². The lowest BCUT2D eigenvalue weighted by molar-refractivity contribution is 0.0161. The number of ether oxygens (including phenoxy) is 1. The van der Waals surface area contributed by atoms with Gasteiger partial charge in [-0.1, -0.05) is 5.92 Å². The molecule has 0 atom stereocenters. The maximum Gasteiger partial charge on any atom is 0.130 e. The van der Waals surface area contributed by atoms with Crippen molar-refractivity contribution in [3.63, 3.8) is 0 Å². The largest absolute Gasteiger partial charge is 0.366 e. The first kappa shape index (κ1) is 7.59. The Labute approximate surface area is 62.0 Å². The first-order valence-corrected chi connectivity index (χ1v) is 3.57. The number of methoxy groups -OCH3 is 1. The predicted molar refractivity (Wildman–Crippen MR) is 40.7 cm³/mol. The SMILES string of the molecule is C#CC1(OC)CCNCC1. The van der Waals surface area contributed by atoms with Crippen LogP contribution in [0.2, 0.25) is 0 Å². The van der Waals surface area contributed by atoms with Crippen LogP contribution in [0.5, 0.6) is 0 Å². The summed E-state index contributed by atoms with van der Waals surface area (Å²) in [6.45, 7) is 1.94. The topological polar surface area (TPSA) is 21.3 Å². The third-order valence-electron chi connectivity index (χ3n) is 2.07. The molecule has 0 amide bonds. The van der Waals surface area contributed by atoms with Crippen molar-refractivity contribution in [1.82, 2.24) is 5.32 Å². The molecule has 0 aromatic rings. The van der Waals surface area contributed by atoms with Gasteiger partial charge in [0, 0.05) is 20.0 Å². The summed E-state index contributed by atoms with van der Waals surface area (Å²) in [5.74, 6) is 2.70. The molecule has 10 heavy (non-hydrogen) atoms. The van der Waals surface area contributed by atoms with Crippen LogP contribution in [0, 0.1) is 12.3 Å². The standard InChI is InChI=1S/C8H13NO/c1-3-8(10-2)4-6-9-7-5-8/h1,9H,4-7H2,2H3. The minimum atomic E-state index is -0.273. The van der Waals surface area contributed by atoms with Gasteiger partial charge in [-0.3, -0.25) is 0 Å². The van der Waals surface area contributed by atoms with Crippen molar-refractivity contribution in [3.05, 3.63) is 0 Å². The molecular weight excluding hydrogens is 126 g/mol. The van der Waals surface area contributed by atoms with E-state index in [4.69, 9.17) is 11.2 Å². The predicted octanol–water partition coefficient (Wildman–Crippen LogP) is 0.388. The van der Waals surface area contributed by atoms with Gasteiger partial charge < -0.3 is 10.1 Å². The fourth-order valence-electron chi connectivity index (χ4n) is 1.24. The van der Waals surface area contributed by atoms with Crippen LogP contribution in [0.3, 0.4) is 0 Å². The molecule has 1 heterocycles. The van der Waals surface area contributed by atoms with Gasteiger partial charge in [-0.25, -0.2) is 0 Å². The smallest absolute Gasteiger partial charge is 0.130 e. The van der Waals surface area contributed by atoms with Crippen LogP contribution in [0.4, 0.5) is 0 Å². The molecule has 56 valence electrons. The fourth-order valence-corrected chi connectivity index (χ4v) is 1.24. The number of terminal acetylenes is 1. The second-order valence-corrected chi connectivity index (χ2v) is 2.59. The summed E-state index contributed by atoms with van der Waals surface area (Å²) in [6.07, 6.45) is 7.21. The Hall–Kier alpha value is -0.520. The van der Waals surface area contributed by atoms with Crippen molar-refractivity contribution < 1.29 is 4.74 Å². The van der Waals surface area contributed by atoms with E-state index in [2.05, 4.69) is 11.2 Å². The first-order chi connectivity index (χ1) is 4.83. The van der Waals surface area contributed by atoms with Crippen LogP contribution in [0.1, 0.15) is 12.8 Å². The normalized spacial score (nSPS) is 23.6. The molecule has 2 heteroatoms. The van der Waals surface area contributed by atoms with E-state index in [1.165, 1.54) is 0 Å². The minimum Gasteiger partial charge on any atom is -0.366 e. The van der Waals surface area contributed by atoms with Gasteiger partial charge >= 0.3 is 0 Å². The summed E-state index contributed by atoms with van der Waals surface area (Å²) < 4.78 is 5.25. The van der Waals surface area contributed by atoms with Crippen molar-refractivity contribution in [1.29, 1.82) is 0 Å². The van der Waals surface area contributed by atoms with Gasteiger partial charge in [0.15, 0.2) is 0 Å². The Kier molecular flexibility index (Phi) is 2.31. The van der Waals surface area contributed by atoms with Gasteiger partial charge in [-0.15, -0.1) is 6.42 Å². The van der Waals surface area contributed by atoms with E-state index in [0.29, 0.717) is 0 Å². The third kappa shape index (κ3) is 1.31. The molecule has 2 nitrogen and oxygen atoms in total.